The molecule has 136 valence electrons. The van der Waals surface area contributed by atoms with Crippen LogP contribution in [-0.4, -0.2) is 41.7 Å². The average molecular weight is 355 g/mol. The number of benzene rings is 1. The normalized spacial score (nSPS) is 21.7. The first kappa shape index (κ1) is 17.9. The Balaban J connectivity index is 2.01. The molecule has 0 fully saturated rings. The van der Waals surface area contributed by atoms with Crippen molar-refractivity contribution < 1.29 is 24.2 Å². The van der Waals surface area contributed by atoms with Crippen molar-refractivity contribution in [2.75, 3.05) is 13.7 Å². The molecule has 0 saturated carbocycles. The minimum absolute atomic E-state index is 0.146. The van der Waals surface area contributed by atoms with E-state index in [1.54, 1.807) is 43.4 Å². The highest BCUT2D eigenvalue weighted by molar-refractivity contribution is 6.10. The fraction of sp³-hybridized carbons (Fsp3) is 0.300. The Morgan fingerprint density at radius 3 is 2.85 bits per heavy atom. The summed E-state index contributed by atoms with van der Waals surface area (Å²) in [5.41, 5.74) is 1.93. The van der Waals surface area contributed by atoms with E-state index >= 15 is 0 Å². The Labute approximate surface area is 152 Å². The quantitative estimate of drug-likeness (QED) is 0.643. The monoisotopic (exact) mass is 355 g/mol. The molecule has 2 aliphatic rings. The maximum atomic E-state index is 13.0. The molecular weight excluding hydrogens is 334 g/mol. The number of aliphatic hydroxyl groups excluding tert-OH is 1. The van der Waals surface area contributed by atoms with Crippen LogP contribution in [0.1, 0.15) is 12.5 Å². The summed E-state index contributed by atoms with van der Waals surface area (Å²) in [6.45, 7) is 1.81. The van der Waals surface area contributed by atoms with Crippen molar-refractivity contribution in [3.63, 3.8) is 0 Å². The molecule has 1 N–H and O–H groups in total. The van der Waals surface area contributed by atoms with E-state index in [1.165, 1.54) is 0 Å². The van der Waals surface area contributed by atoms with Gasteiger partial charge in [-0.2, -0.15) is 0 Å². The molecule has 6 heteroatoms. The topological polar surface area (TPSA) is 76.1 Å². The lowest BCUT2D eigenvalue weighted by molar-refractivity contribution is -0.160. The second-order valence-electron chi connectivity index (χ2n) is 6.01. The van der Waals surface area contributed by atoms with Gasteiger partial charge in [-0.1, -0.05) is 18.2 Å². The molecule has 3 rings (SSSR count). The predicted molar refractivity (Wildman–Crippen MR) is 95.0 cm³/mol. The predicted octanol–water partition coefficient (Wildman–Crippen LogP) is 1.96. The minimum atomic E-state index is -1.29. The van der Waals surface area contributed by atoms with Crippen LogP contribution in [0.25, 0.3) is 0 Å². The summed E-state index contributed by atoms with van der Waals surface area (Å²) in [7, 11) is 1.58. The van der Waals surface area contributed by atoms with E-state index < -0.39 is 23.9 Å². The number of allylic oxidation sites excluding steroid dienone is 4. The third-order valence-electron chi connectivity index (χ3n) is 4.42. The first-order valence-electron chi connectivity index (χ1n) is 8.45. The van der Waals surface area contributed by atoms with Gasteiger partial charge >= 0.3 is 5.97 Å². The van der Waals surface area contributed by atoms with Gasteiger partial charge in [0, 0.05) is 18.2 Å². The van der Waals surface area contributed by atoms with Gasteiger partial charge in [-0.05, 0) is 36.8 Å². The van der Waals surface area contributed by atoms with Gasteiger partial charge in [0.1, 0.15) is 5.75 Å². The minimum Gasteiger partial charge on any atom is -0.497 e. The molecule has 2 unspecified atom stereocenters. The van der Waals surface area contributed by atoms with Crippen LogP contribution in [0.15, 0.2) is 60.0 Å². The maximum Gasteiger partial charge on any atom is 0.321 e. The van der Waals surface area contributed by atoms with Crippen LogP contribution in [0.2, 0.25) is 0 Å². The Morgan fingerprint density at radius 1 is 1.31 bits per heavy atom. The van der Waals surface area contributed by atoms with Crippen LogP contribution in [-0.2, 0) is 20.7 Å². The van der Waals surface area contributed by atoms with Crippen molar-refractivity contribution in [2.24, 2.45) is 5.92 Å². The van der Waals surface area contributed by atoms with Crippen LogP contribution < -0.4 is 4.74 Å². The first-order valence-corrected chi connectivity index (χ1v) is 8.45. The highest BCUT2D eigenvalue weighted by atomic mass is 16.5. The third kappa shape index (κ3) is 3.28. The second-order valence-corrected chi connectivity index (χ2v) is 6.01. The number of ketones is 1. The number of esters is 1. The van der Waals surface area contributed by atoms with Gasteiger partial charge in [0.15, 0.2) is 17.9 Å². The van der Waals surface area contributed by atoms with E-state index in [-0.39, 0.29) is 6.61 Å². The zero-order chi connectivity index (χ0) is 18.7. The summed E-state index contributed by atoms with van der Waals surface area (Å²) in [6.07, 6.45) is 5.99. The zero-order valence-corrected chi connectivity index (χ0v) is 14.7. The number of hydrogen-bond acceptors (Lipinski definition) is 6. The summed E-state index contributed by atoms with van der Waals surface area (Å²) in [4.78, 5) is 26.8. The van der Waals surface area contributed by atoms with E-state index in [2.05, 4.69) is 0 Å². The van der Waals surface area contributed by atoms with Gasteiger partial charge in [0.25, 0.3) is 0 Å². The Bertz CT molecular complexity index is 808. The van der Waals surface area contributed by atoms with E-state index in [0.717, 1.165) is 5.56 Å². The number of carbonyl (C=O) groups is 2. The summed E-state index contributed by atoms with van der Waals surface area (Å²) in [6, 6.07) is 7.40. The zero-order valence-electron chi connectivity index (χ0n) is 14.7. The van der Waals surface area contributed by atoms with Crippen LogP contribution in [0.3, 0.4) is 0 Å². The summed E-state index contributed by atoms with van der Waals surface area (Å²) in [5.74, 6) is -1.70. The molecule has 2 aliphatic heterocycles. The molecule has 6 nitrogen and oxygen atoms in total. The maximum absolute atomic E-state index is 13.0. The molecule has 0 amide bonds. The van der Waals surface area contributed by atoms with Crippen LogP contribution in [0.5, 0.6) is 5.75 Å². The molecule has 1 aromatic carbocycles. The van der Waals surface area contributed by atoms with Gasteiger partial charge in [0.2, 0.25) is 0 Å². The number of fused-ring (bicyclic) bond motifs is 1. The van der Waals surface area contributed by atoms with Gasteiger partial charge in [-0.3, -0.25) is 9.59 Å². The first-order chi connectivity index (χ1) is 12.6. The van der Waals surface area contributed by atoms with E-state index in [9.17, 15) is 14.7 Å². The number of rotatable bonds is 5. The summed E-state index contributed by atoms with van der Waals surface area (Å²) < 4.78 is 10.2. The molecule has 2 heterocycles. The lowest BCUT2D eigenvalue weighted by Crippen LogP contribution is -2.50. The lowest BCUT2D eigenvalue weighted by Gasteiger charge is -2.38. The average Bonchev–Trinajstić information content (AvgIpc) is 2.65. The summed E-state index contributed by atoms with van der Waals surface area (Å²) >= 11 is 0. The second kappa shape index (κ2) is 7.58. The third-order valence-corrected chi connectivity index (χ3v) is 4.42. The standard InChI is InChI=1S/C20H21NO5/c1-3-26-20(24)17-18(22)15(12-13-7-6-8-14(11-13)25-2)16-9-4-5-10-21(16)19(17)23/h4-11,17,19,23H,3,12H2,1-2H3. The fourth-order valence-corrected chi connectivity index (χ4v) is 3.18. The number of aliphatic hydroxyl groups is 1. The molecule has 0 aliphatic carbocycles. The van der Waals surface area contributed by atoms with Crippen molar-refractivity contribution in [3.05, 3.63) is 65.5 Å². The van der Waals surface area contributed by atoms with Crippen LogP contribution >= 0.6 is 0 Å². The lowest BCUT2D eigenvalue weighted by atomic mass is 9.85. The number of nitrogens with zero attached hydrogens (tertiary/aromatic N) is 1. The molecule has 0 spiro atoms. The van der Waals surface area contributed by atoms with Crippen molar-refractivity contribution in [2.45, 2.75) is 19.6 Å². The number of hydrogen-bond donors (Lipinski definition) is 1. The number of Topliss-reactive ketones (excluding diaryl/α,β-unsaturated/α-hetero) is 1. The molecule has 1 aromatic rings. The Kier molecular flexibility index (Phi) is 5.23. The van der Waals surface area contributed by atoms with Gasteiger partial charge in [-0.15, -0.1) is 0 Å². The molecule has 2 atom stereocenters. The molecule has 0 aromatic heterocycles. The molecular formula is C20H21NO5. The largest absolute Gasteiger partial charge is 0.497 e. The number of methoxy groups -OCH3 is 1. The van der Waals surface area contributed by atoms with Gasteiger partial charge in [0.05, 0.1) is 19.4 Å². The number of ether oxygens (including phenoxy) is 2. The smallest absolute Gasteiger partial charge is 0.321 e. The summed E-state index contributed by atoms with van der Waals surface area (Å²) in [5, 5.41) is 10.6. The van der Waals surface area contributed by atoms with Gasteiger partial charge < -0.3 is 19.5 Å². The highest BCUT2D eigenvalue weighted by Gasteiger charge is 2.45. The van der Waals surface area contributed by atoms with Crippen molar-refractivity contribution in [1.29, 1.82) is 0 Å². The van der Waals surface area contributed by atoms with Crippen LogP contribution in [0.4, 0.5) is 0 Å². The SMILES string of the molecule is CCOC(=O)C1C(=O)C(Cc2cccc(OC)c2)=C2C=CC=CN2C1O. The van der Waals surface area contributed by atoms with Crippen LogP contribution in [0, 0.1) is 5.92 Å². The van der Waals surface area contributed by atoms with Crippen molar-refractivity contribution >= 4 is 11.8 Å². The molecule has 0 radical (unpaired) electrons. The Morgan fingerprint density at radius 2 is 2.12 bits per heavy atom. The van der Waals surface area contributed by atoms with Crippen molar-refractivity contribution in [1.82, 2.24) is 4.90 Å². The van der Waals surface area contributed by atoms with E-state index in [4.69, 9.17) is 9.47 Å². The fourth-order valence-electron chi connectivity index (χ4n) is 3.18. The van der Waals surface area contributed by atoms with Crippen molar-refractivity contribution in [3.8, 4) is 5.75 Å². The van der Waals surface area contributed by atoms with Gasteiger partial charge in [-0.25, -0.2) is 0 Å². The Hall–Kier alpha value is -2.86. The van der Waals surface area contributed by atoms with E-state index in [0.29, 0.717) is 23.4 Å². The molecule has 0 saturated heterocycles. The van der Waals surface area contributed by atoms with E-state index in [1.807, 2.05) is 24.3 Å². The highest BCUT2D eigenvalue weighted by Crippen LogP contribution is 2.33. The molecule has 0 bridgehead atoms. The number of carbonyl (C=O) groups excluding carboxylic acids is 2. The molecule has 26 heavy (non-hydrogen) atoms.